The molecule has 16 aromatic rings. The number of hydrogen-bond acceptors (Lipinski definition) is 7. The van der Waals surface area contributed by atoms with Gasteiger partial charge >= 0.3 is 0 Å². The van der Waals surface area contributed by atoms with Crippen molar-refractivity contribution in [3.8, 4) is 33.4 Å². The smallest absolute Gasteiger partial charge is 0.159 e. The SMILES string of the molecule is Cc1cnc(N(c2ccccc2)c2cc3oc4c(N(c5ccccc5)c5ncc(C)cc5-c5cccc6c5oc5ccccc56)cccc4c3c3c2-c2ccccc2C3(c2ccccc2)c2ccccc2)c(-c2cccc3c2oc2ccccc23)c1. The molecule has 0 spiro atoms. The Hall–Kier alpha value is -11.3. The molecule has 0 saturated carbocycles. The molecule has 11 aromatic carbocycles. The van der Waals surface area contributed by atoms with Gasteiger partial charge in [0.2, 0.25) is 0 Å². The van der Waals surface area contributed by atoms with E-state index in [0.29, 0.717) is 5.58 Å². The van der Waals surface area contributed by atoms with Crippen LogP contribution in [0.4, 0.5) is 34.4 Å². The third kappa shape index (κ3) is 7.34. The number of pyridine rings is 2. The van der Waals surface area contributed by atoms with Gasteiger partial charge in [0.1, 0.15) is 39.6 Å². The number of anilines is 6. The normalized spacial score (nSPS) is 12.6. The number of aromatic nitrogens is 2. The second kappa shape index (κ2) is 19.4. The van der Waals surface area contributed by atoms with Crippen LogP contribution in [0, 0.1) is 13.8 Å². The fourth-order valence-corrected chi connectivity index (χ4v) is 13.9. The van der Waals surface area contributed by atoms with E-state index in [1.165, 1.54) is 5.56 Å². The van der Waals surface area contributed by atoms with Crippen molar-refractivity contribution in [1.82, 2.24) is 9.97 Å². The number of fused-ring (bicyclic) bond motifs is 13. The van der Waals surface area contributed by atoms with E-state index in [-0.39, 0.29) is 0 Å². The number of rotatable bonds is 10. The monoisotopic (exact) mass is 1100 g/mol. The predicted molar refractivity (Wildman–Crippen MR) is 351 cm³/mol. The maximum absolute atomic E-state index is 7.81. The Morgan fingerprint density at radius 2 is 0.767 bits per heavy atom. The molecule has 7 nitrogen and oxygen atoms in total. The van der Waals surface area contributed by atoms with Crippen LogP contribution in [0.15, 0.2) is 293 Å². The topological polar surface area (TPSA) is 71.7 Å². The van der Waals surface area contributed by atoms with Crippen LogP contribution in [0.2, 0.25) is 0 Å². The summed E-state index contributed by atoms with van der Waals surface area (Å²) in [6.07, 6.45) is 3.93. The van der Waals surface area contributed by atoms with Gasteiger partial charge in [0.15, 0.2) is 5.58 Å². The number of para-hydroxylation sites is 7. The summed E-state index contributed by atoms with van der Waals surface area (Å²) in [6, 6.07) is 94.9. The molecule has 0 N–H and O–H groups in total. The minimum atomic E-state index is -0.850. The highest BCUT2D eigenvalue weighted by Gasteiger charge is 2.50. The maximum Gasteiger partial charge on any atom is 0.159 e. The predicted octanol–water partition coefficient (Wildman–Crippen LogP) is 21.4. The Bertz CT molecular complexity index is 5300. The Balaban J connectivity index is 1.01. The van der Waals surface area contributed by atoms with Crippen molar-refractivity contribution in [2.75, 3.05) is 9.80 Å². The summed E-state index contributed by atoms with van der Waals surface area (Å²) in [5.41, 5.74) is 20.0. The van der Waals surface area contributed by atoms with Gasteiger partial charge in [-0.1, -0.05) is 206 Å². The third-order valence-corrected chi connectivity index (χ3v) is 17.5. The van der Waals surface area contributed by atoms with Gasteiger partial charge < -0.3 is 13.3 Å². The molecular weight excluding hydrogens is 1050 g/mol. The van der Waals surface area contributed by atoms with Crippen LogP contribution in [-0.2, 0) is 5.41 Å². The quantitative estimate of drug-likeness (QED) is 0.135. The first-order chi connectivity index (χ1) is 42.5. The molecule has 0 fully saturated rings. The highest BCUT2D eigenvalue weighted by atomic mass is 16.3. The zero-order valence-electron chi connectivity index (χ0n) is 47.1. The van der Waals surface area contributed by atoms with Crippen LogP contribution in [0.5, 0.6) is 0 Å². The zero-order valence-corrected chi connectivity index (χ0v) is 47.1. The largest absolute Gasteiger partial charge is 0.455 e. The van der Waals surface area contributed by atoms with Crippen LogP contribution >= 0.6 is 0 Å². The van der Waals surface area contributed by atoms with Crippen molar-refractivity contribution in [3.63, 3.8) is 0 Å². The van der Waals surface area contributed by atoms with Gasteiger partial charge in [0.25, 0.3) is 0 Å². The van der Waals surface area contributed by atoms with E-state index in [1.807, 2.05) is 36.7 Å². The van der Waals surface area contributed by atoms with Crippen molar-refractivity contribution >= 4 is 100 Å². The molecule has 0 bridgehead atoms. The minimum absolute atomic E-state index is 0.712. The second-order valence-corrected chi connectivity index (χ2v) is 22.5. The molecule has 0 atom stereocenters. The van der Waals surface area contributed by atoms with Gasteiger partial charge in [-0.2, -0.15) is 0 Å². The molecule has 0 amide bonds. The van der Waals surface area contributed by atoms with E-state index in [2.05, 4.69) is 266 Å². The number of benzene rings is 11. The van der Waals surface area contributed by atoms with E-state index in [0.717, 1.165) is 156 Å². The average molecular weight is 1110 g/mol. The Kier molecular flexibility index (Phi) is 11.1. The van der Waals surface area contributed by atoms with Crippen LogP contribution in [-0.4, -0.2) is 9.97 Å². The van der Waals surface area contributed by atoms with Crippen molar-refractivity contribution in [3.05, 3.63) is 313 Å². The second-order valence-electron chi connectivity index (χ2n) is 22.5. The molecule has 7 heteroatoms. The average Bonchev–Trinajstić information content (AvgIpc) is 1.51. The molecular formula is C79H52N4O3. The van der Waals surface area contributed by atoms with E-state index in [4.69, 9.17) is 23.2 Å². The van der Waals surface area contributed by atoms with Gasteiger partial charge in [-0.15, -0.1) is 0 Å². The van der Waals surface area contributed by atoms with Crippen LogP contribution < -0.4 is 9.80 Å². The Morgan fingerprint density at radius 3 is 1.33 bits per heavy atom. The first-order valence-corrected chi connectivity index (χ1v) is 29.2. The molecule has 86 heavy (non-hydrogen) atoms. The standard InChI is InChI=1S/C79H52N4O3/c1-49-44-63(59-37-21-35-57-55-32-16-19-42-68(55)84-74(57)59)77(80-47-49)82(53-28-11-5-12-29-53)66-41-23-39-62-72-70(86-76(62)66)46-67(71-61-34-15-18-40-65(61)79(73(71)72,51-24-7-3-8-25-51)52-26-9-4-10-27-52)83(54-30-13-6-14-31-54)78-64(45-50(2)48-81-78)60-38-22-36-58-56-33-17-20-43-69(56)85-75(58)60/h3-48H,1-2H3. The number of nitrogens with zero attached hydrogens (tertiary/aromatic N) is 4. The third-order valence-electron chi connectivity index (χ3n) is 17.5. The fraction of sp³-hybridized carbons (Fsp3) is 0.0380. The molecule has 406 valence electrons. The lowest BCUT2D eigenvalue weighted by molar-refractivity contribution is 0.668. The number of furan rings is 3. The minimum Gasteiger partial charge on any atom is -0.455 e. The summed E-state index contributed by atoms with van der Waals surface area (Å²) < 4.78 is 21.4. The molecule has 5 heterocycles. The van der Waals surface area contributed by atoms with E-state index >= 15 is 0 Å². The van der Waals surface area contributed by atoms with Gasteiger partial charge in [0, 0.05) is 90.0 Å². The molecule has 0 radical (unpaired) electrons. The first kappa shape index (κ1) is 49.3. The Morgan fingerprint density at radius 1 is 0.337 bits per heavy atom. The van der Waals surface area contributed by atoms with E-state index < -0.39 is 5.41 Å². The van der Waals surface area contributed by atoms with Gasteiger partial charge in [-0.3, -0.25) is 9.80 Å². The lowest BCUT2D eigenvalue weighted by Crippen LogP contribution is -2.29. The maximum atomic E-state index is 7.81. The summed E-state index contributed by atoms with van der Waals surface area (Å²) >= 11 is 0. The molecule has 1 aliphatic carbocycles. The number of aryl methyl sites for hydroxylation is 2. The molecule has 0 aliphatic heterocycles. The molecule has 0 saturated heterocycles. The van der Waals surface area contributed by atoms with Crippen molar-refractivity contribution in [2.24, 2.45) is 0 Å². The highest BCUT2D eigenvalue weighted by Crippen LogP contribution is 2.63. The zero-order chi connectivity index (χ0) is 57.0. The van der Waals surface area contributed by atoms with Crippen LogP contribution in [0.25, 0.3) is 99.2 Å². The van der Waals surface area contributed by atoms with E-state index in [9.17, 15) is 0 Å². The van der Waals surface area contributed by atoms with Crippen LogP contribution in [0.1, 0.15) is 33.4 Å². The van der Waals surface area contributed by atoms with E-state index in [1.54, 1.807) is 0 Å². The summed E-state index contributed by atoms with van der Waals surface area (Å²) in [5.74, 6) is 1.48. The Labute approximate surface area is 495 Å². The molecule has 1 aliphatic rings. The number of hydrogen-bond donors (Lipinski definition) is 0. The summed E-state index contributed by atoms with van der Waals surface area (Å²) in [4.78, 5) is 15.6. The van der Waals surface area contributed by atoms with Gasteiger partial charge in [0.05, 0.1) is 16.8 Å². The summed E-state index contributed by atoms with van der Waals surface area (Å²) in [6.45, 7) is 4.21. The van der Waals surface area contributed by atoms with Crippen molar-refractivity contribution in [1.29, 1.82) is 0 Å². The van der Waals surface area contributed by atoms with Crippen LogP contribution in [0.3, 0.4) is 0 Å². The first-order valence-electron chi connectivity index (χ1n) is 29.2. The van der Waals surface area contributed by atoms with Crippen molar-refractivity contribution < 1.29 is 13.3 Å². The van der Waals surface area contributed by atoms with Crippen molar-refractivity contribution in [2.45, 2.75) is 19.3 Å². The lowest BCUT2D eigenvalue weighted by Gasteiger charge is -2.35. The molecule has 0 unspecified atom stereocenters. The summed E-state index contributed by atoms with van der Waals surface area (Å²) in [5, 5.41) is 6.21. The highest BCUT2D eigenvalue weighted by molar-refractivity contribution is 6.19. The van der Waals surface area contributed by atoms with Gasteiger partial charge in [-0.05, 0) is 107 Å². The molecule has 5 aromatic heterocycles. The molecule has 17 rings (SSSR count). The summed E-state index contributed by atoms with van der Waals surface area (Å²) in [7, 11) is 0. The fourth-order valence-electron chi connectivity index (χ4n) is 13.9. The lowest BCUT2D eigenvalue weighted by atomic mass is 9.66. The van der Waals surface area contributed by atoms with Gasteiger partial charge in [-0.25, -0.2) is 9.97 Å².